The van der Waals surface area contributed by atoms with Crippen molar-refractivity contribution in [2.24, 2.45) is 0 Å². The minimum absolute atomic E-state index is 0.106. The van der Waals surface area contributed by atoms with Gasteiger partial charge in [-0.15, -0.1) is 0 Å². The van der Waals surface area contributed by atoms with Gasteiger partial charge in [0.2, 0.25) is 0 Å². The Labute approximate surface area is 232 Å². The number of nitrogens with zero attached hydrogens (tertiary/aromatic N) is 1. The van der Waals surface area contributed by atoms with Crippen molar-refractivity contribution in [1.29, 1.82) is 0 Å². The van der Waals surface area contributed by atoms with Crippen LogP contribution in [0.5, 0.6) is 0 Å². The van der Waals surface area contributed by atoms with E-state index in [0.717, 1.165) is 22.5 Å². The molecule has 0 N–H and O–H groups in total. The second-order valence-corrected chi connectivity index (χ2v) is 8.94. The Hall–Kier alpha value is -2.56. The first-order valence-electron chi connectivity index (χ1n) is 10.5. The minimum atomic E-state index is -0.633. The van der Waals surface area contributed by atoms with Crippen LogP contribution in [0.25, 0.3) is 0 Å². The molecule has 1 atom stereocenters. The molecular weight excluding hydrogens is 534 g/mol. The van der Waals surface area contributed by atoms with Crippen LogP contribution in [0.2, 0.25) is 0 Å². The summed E-state index contributed by atoms with van der Waals surface area (Å²) >= 11 is 3.07. The summed E-state index contributed by atoms with van der Waals surface area (Å²) in [5.74, 6) is 0.132. The molecule has 1 unspecified atom stereocenters. The molecule has 10 nitrogen and oxygen atoms in total. The Morgan fingerprint density at radius 3 is 1.89 bits per heavy atom. The molecule has 2 aliphatic rings. The van der Waals surface area contributed by atoms with Crippen molar-refractivity contribution in [2.45, 2.75) is 52.0 Å². The SMILES string of the molecule is CO[C](=[Cr])C1=C(C2=CCOC(C)(C)OC2)ON(C(C)(C)C)C1c1ccccc1.[C-]#[O+].[C-]#[O+].[C-]#[O+].[C-]#[O+].[C-]#[O+]. The Balaban J connectivity index is -0.00000110. The van der Waals surface area contributed by atoms with Crippen molar-refractivity contribution in [2.75, 3.05) is 20.3 Å². The zero-order valence-corrected chi connectivity index (χ0v) is 23.3. The topological polar surface area (TPSA) is 140 Å². The van der Waals surface area contributed by atoms with Gasteiger partial charge >= 0.3 is 232 Å². The Morgan fingerprint density at radius 1 is 0.947 bits per heavy atom. The summed E-state index contributed by atoms with van der Waals surface area (Å²) in [7, 11) is 1.67. The number of hydroxylamine groups is 2. The molecule has 2 heterocycles. The molecule has 38 heavy (non-hydrogen) atoms. The molecular formula is C27H29CrNO9. The van der Waals surface area contributed by atoms with Gasteiger partial charge in [0.1, 0.15) is 0 Å². The van der Waals surface area contributed by atoms with E-state index in [9.17, 15) is 0 Å². The van der Waals surface area contributed by atoms with Gasteiger partial charge in [-0.3, -0.25) is 0 Å². The maximum absolute atomic E-state index is 7.50. The standard InChI is InChI=1S/C22H29NO4.5CO.Cr/c1-21(2,3)23-19(16-10-8-7-9-11-16)18(15-24-6)20(27-23)17-12-13-25-22(4,5)26-14-17;5*1-2;/h7-12,19H,13-14H2,1-6H3;;;;;;. The third-order valence-corrected chi connectivity index (χ3v) is 5.36. The van der Waals surface area contributed by atoms with Gasteiger partial charge < -0.3 is 0 Å². The van der Waals surface area contributed by atoms with Gasteiger partial charge in [-0.2, -0.15) is 0 Å². The van der Waals surface area contributed by atoms with Gasteiger partial charge in [-0.25, -0.2) is 0 Å². The second-order valence-electron chi connectivity index (χ2n) is 8.36. The van der Waals surface area contributed by atoms with Crippen LogP contribution in [0.4, 0.5) is 0 Å². The van der Waals surface area contributed by atoms with Gasteiger partial charge in [-0.05, 0) is 0 Å². The van der Waals surface area contributed by atoms with E-state index in [1.54, 1.807) is 7.11 Å². The molecule has 0 saturated carbocycles. The molecule has 1 aromatic rings. The van der Waals surface area contributed by atoms with Crippen molar-refractivity contribution in [3.63, 3.8) is 0 Å². The molecule has 0 aromatic heterocycles. The molecule has 0 spiro atoms. The average molecular weight is 564 g/mol. The first-order chi connectivity index (χ1) is 18.1. The number of rotatable bonds is 4. The zero-order valence-electron chi connectivity index (χ0n) is 22.0. The van der Waals surface area contributed by atoms with E-state index in [1.165, 1.54) is 0 Å². The molecule has 0 fully saturated rings. The third kappa shape index (κ3) is 11.9. The van der Waals surface area contributed by atoms with E-state index in [0.29, 0.717) is 17.8 Å². The fraction of sp³-hybridized carbons (Fsp3) is 0.407. The number of hydrogen-bond acceptors (Lipinski definition) is 5. The monoisotopic (exact) mass is 563 g/mol. The van der Waals surface area contributed by atoms with Crippen molar-refractivity contribution in [3.8, 4) is 0 Å². The number of methoxy groups -OCH3 is 1. The number of hydrogen-bond donors (Lipinski definition) is 0. The van der Waals surface area contributed by atoms with Gasteiger partial charge in [0.05, 0.1) is 0 Å². The molecule has 202 valence electrons. The van der Waals surface area contributed by atoms with Crippen LogP contribution in [0, 0.1) is 33.3 Å². The summed E-state index contributed by atoms with van der Waals surface area (Å²) in [4.78, 5) is 6.48. The molecule has 3 rings (SSSR count). The van der Waals surface area contributed by atoms with Crippen LogP contribution < -0.4 is 0 Å². The predicted octanol–water partition coefficient (Wildman–Crippen LogP) is 3.87. The summed E-state index contributed by atoms with van der Waals surface area (Å²) in [6.07, 6.45) is 2.03. The predicted molar refractivity (Wildman–Crippen MR) is 125 cm³/mol. The van der Waals surface area contributed by atoms with E-state index in [-0.39, 0.29) is 11.6 Å². The fourth-order valence-corrected chi connectivity index (χ4v) is 3.62. The van der Waals surface area contributed by atoms with Crippen molar-refractivity contribution in [1.82, 2.24) is 5.06 Å². The quantitative estimate of drug-likeness (QED) is 0.404. The van der Waals surface area contributed by atoms with Gasteiger partial charge in [0, 0.05) is 0 Å². The number of benzene rings is 1. The molecule has 0 aliphatic carbocycles. The Bertz CT molecular complexity index is 978. The van der Waals surface area contributed by atoms with Gasteiger partial charge in [0.15, 0.2) is 0 Å². The van der Waals surface area contributed by atoms with Crippen LogP contribution in [0.15, 0.2) is 53.3 Å². The molecule has 11 heteroatoms. The van der Waals surface area contributed by atoms with Crippen LogP contribution in [-0.2, 0) is 58.2 Å². The number of ether oxygens (including phenoxy) is 3. The molecule has 0 bridgehead atoms. The van der Waals surface area contributed by atoms with E-state index in [2.05, 4.69) is 82.0 Å². The van der Waals surface area contributed by atoms with E-state index in [1.807, 2.05) is 43.2 Å². The first kappa shape index (κ1) is 39.9. The summed E-state index contributed by atoms with van der Waals surface area (Å²) in [6, 6.07) is 10.2. The Morgan fingerprint density at radius 2 is 1.45 bits per heavy atom. The molecule has 0 amide bonds. The summed E-state index contributed by atoms with van der Waals surface area (Å²) in [5, 5.41) is 2.03. The van der Waals surface area contributed by atoms with Crippen molar-refractivity contribution < 1.29 is 58.2 Å². The Kier molecular flexibility index (Phi) is 22.5. The third-order valence-electron chi connectivity index (χ3n) is 4.75. The van der Waals surface area contributed by atoms with Crippen LogP contribution in [0.1, 0.15) is 46.2 Å². The van der Waals surface area contributed by atoms with Crippen LogP contribution >= 0.6 is 0 Å². The first-order valence-corrected chi connectivity index (χ1v) is 11.1. The molecule has 2 aliphatic heterocycles. The maximum atomic E-state index is 7.50. The summed E-state index contributed by atoms with van der Waals surface area (Å²) in [6.45, 7) is 33.6. The van der Waals surface area contributed by atoms with Crippen LogP contribution in [0.3, 0.4) is 0 Å². The molecule has 0 radical (unpaired) electrons. The van der Waals surface area contributed by atoms with E-state index < -0.39 is 5.79 Å². The van der Waals surface area contributed by atoms with Crippen LogP contribution in [-0.4, -0.2) is 41.3 Å². The van der Waals surface area contributed by atoms with Gasteiger partial charge in [-0.1, -0.05) is 0 Å². The summed E-state index contributed by atoms with van der Waals surface area (Å²) < 4.78 is 55.6. The normalized spacial score (nSPS) is 17.4. The summed E-state index contributed by atoms with van der Waals surface area (Å²) in [5.41, 5.74) is 2.83. The molecule has 1 aromatic carbocycles. The fourth-order valence-electron chi connectivity index (χ4n) is 3.30. The van der Waals surface area contributed by atoms with E-state index in [4.69, 9.17) is 42.3 Å². The van der Waals surface area contributed by atoms with Crippen molar-refractivity contribution in [3.05, 3.63) is 92.1 Å². The van der Waals surface area contributed by atoms with E-state index >= 15 is 0 Å². The second kappa shape index (κ2) is 21.4. The zero-order chi connectivity index (χ0) is 30.5. The molecule has 0 saturated heterocycles. The van der Waals surface area contributed by atoms with Gasteiger partial charge in [0.25, 0.3) is 0 Å². The average Bonchev–Trinajstić information content (AvgIpc) is 3.28. The van der Waals surface area contributed by atoms with Crippen molar-refractivity contribution >= 4 is 4.57 Å².